The molecule has 0 aromatic heterocycles. The molecule has 38 heavy (non-hydrogen) atoms. The van der Waals surface area contributed by atoms with Gasteiger partial charge in [-0.15, -0.1) is 18.4 Å². The molecule has 0 amide bonds. The van der Waals surface area contributed by atoms with Crippen LogP contribution in [0.4, 0.5) is 0 Å². The van der Waals surface area contributed by atoms with Crippen LogP contribution < -0.4 is 0 Å². The molecule has 3 rings (SSSR count). The van der Waals surface area contributed by atoms with E-state index in [9.17, 15) is 0 Å². The lowest BCUT2D eigenvalue weighted by Gasteiger charge is -2.38. The number of benzene rings is 3. The molecule has 0 aliphatic carbocycles. The van der Waals surface area contributed by atoms with Gasteiger partial charge in [-0.25, -0.2) is 0 Å². The van der Waals surface area contributed by atoms with E-state index < -0.39 is 8.07 Å². The molecule has 0 atom stereocenters. The highest BCUT2D eigenvalue weighted by Crippen LogP contribution is 2.40. The minimum atomic E-state index is -1.87. The quantitative estimate of drug-likeness (QED) is 0.249. The van der Waals surface area contributed by atoms with Crippen molar-refractivity contribution in [2.24, 2.45) is 0 Å². The molecule has 0 bridgehead atoms. The largest absolute Gasteiger partial charge is 0.146 e. The summed E-state index contributed by atoms with van der Waals surface area (Å²) in [5.41, 5.74) is 11.7. The average molecular weight is 507 g/mol. The molecule has 0 unspecified atom stereocenters. The van der Waals surface area contributed by atoms with Gasteiger partial charge in [0.1, 0.15) is 8.07 Å². The van der Waals surface area contributed by atoms with Crippen molar-refractivity contribution in [2.45, 2.75) is 58.2 Å². The van der Waals surface area contributed by atoms with E-state index in [2.05, 4.69) is 101 Å². The van der Waals surface area contributed by atoms with Crippen LogP contribution >= 0.6 is 0 Å². The molecule has 186 valence electrons. The lowest BCUT2D eigenvalue weighted by Crippen LogP contribution is -2.43. The Morgan fingerprint density at radius 3 is 1.05 bits per heavy atom. The van der Waals surface area contributed by atoms with E-state index in [4.69, 9.17) is 12.8 Å². The van der Waals surface area contributed by atoms with Gasteiger partial charge in [-0.1, -0.05) is 83.0 Å². The number of rotatable bonds is 3. The molecule has 0 fully saturated rings. The van der Waals surface area contributed by atoms with Crippen molar-refractivity contribution in [3.63, 3.8) is 0 Å². The van der Waals surface area contributed by atoms with Crippen molar-refractivity contribution in [3.05, 3.63) is 106 Å². The van der Waals surface area contributed by atoms with E-state index in [1.54, 1.807) is 0 Å². The second kappa shape index (κ2) is 12.8. The van der Waals surface area contributed by atoms with Crippen molar-refractivity contribution in [2.75, 3.05) is 0 Å². The normalized spacial score (nSPS) is 10.4. The SMILES string of the molecule is C#Cc1ccc(C#Cc2cc(C#Cc3ccc(C#C)cc3)cc(C#C[Si](C(C)C)(C(C)C)C(C)C)c2)cc1. The molecular formula is C37H34Si. The molecule has 0 nitrogen and oxygen atoms in total. The standard InChI is InChI=1S/C37H34Si/c1-9-31-11-15-33(16-12-31)19-21-35-25-36(22-20-34-17-13-32(10-2)14-18-34)27-37(26-35)23-24-38(28(3)4,29(5)6)30(7)8/h1-2,11-18,25-30H,3-8H3. The van der Waals surface area contributed by atoms with Gasteiger partial charge in [-0.05, 0) is 83.4 Å². The maximum Gasteiger partial charge on any atom is 0.146 e. The summed E-state index contributed by atoms with van der Waals surface area (Å²) in [4.78, 5) is 0. The molecule has 0 spiro atoms. The summed E-state index contributed by atoms with van der Waals surface area (Å²) in [6.07, 6.45) is 11.0. The molecule has 0 heterocycles. The van der Waals surface area contributed by atoms with Gasteiger partial charge in [0, 0.05) is 38.9 Å². The third-order valence-corrected chi connectivity index (χ3v) is 13.3. The number of terminal acetylenes is 2. The molecule has 0 saturated heterocycles. The molecule has 0 aliphatic heterocycles. The zero-order chi connectivity index (χ0) is 27.7. The predicted molar refractivity (Wildman–Crippen MR) is 165 cm³/mol. The summed E-state index contributed by atoms with van der Waals surface area (Å²) in [5.74, 6) is 22.0. The minimum Gasteiger partial charge on any atom is -0.125 e. The van der Waals surface area contributed by atoms with Crippen LogP contribution in [0.5, 0.6) is 0 Å². The highest BCUT2D eigenvalue weighted by Gasteiger charge is 2.41. The van der Waals surface area contributed by atoms with Gasteiger partial charge in [0.25, 0.3) is 0 Å². The third kappa shape index (κ3) is 6.91. The topological polar surface area (TPSA) is 0 Å². The first-order valence-electron chi connectivity index (χ1n) is 13.0. The van der Waals surface area contributed by atoms with Gasteiger partial charge in [-0.3, -0.25) is 0 Å². The summed E-state index contributed by atoms with van der Waals surface area (Å²) in [6.45, 7) is 14.0. The maximum atomic E-state index is 5.48. The molecule has 0 N–H and O–H groups in total. The minimum absolute atomic E-state index is 0.564. The summed E-state index contributed by atoms with van der Waals surface area (Å²) < 4.78 is 0. The monoisotopic (exact) mass is 506 g/mol. The van der Waals surface area contributed by atoms with Crippen LogP contribution in [0.2, 0.25) is 16.6 Å². The summed E-state index contributed by atoms with van der Waals surface area (Å²) in [7, 11) is -1.87. The molecule has 0 saturated carbocycles. The average Bonchev–Trinajstić information content (AvgIpc) is 2.91. The van der Waals surface area contributed by atoms with Crippen molar-refractivity contribution in [1.82, 2.24) is 0 Å². The highest BCUT2D eigenvalue weighted by molar-refractivity contribution is 6.90. The lowest BCUT2D eigenvalue weighted by atomic mass is 10.0. The van der Waals surface area contributed by atoms with Crippen LogP contribution in [0.1, 0.15) is 80.5 Å². The Labute approximate surface area is 231 Å². The van der Waals surface area contributed by atoms with Crippen LogP contribution in [-0.2, 0) is 0 Å². The highest BCUT2D eigenvalue weighted by atomic mass is 28.3. The molecule has 0 aliphatic rings. The van der Waals surface area contributed by atoms with Crippen LogP contribution in [-0.4, -0.2) is 8.07 Å². The predicted octanol–water partition coefficient (Wildman–Crippen LogP) is 8.02. The summed E-state index contributed by atoms with van der Waals surface area (Å²) in [6, 6.07) is 21.6. The van der Waals surface area contributed by atoms with E-state index in [1.807, 2.05) is 54.6 Å². The number of hydrogen-bond donors (Lipinski definition) is 0. The Hall–Kier alpha value is -4.32. The number of hydrogen-bond acceptors (Lipinski definition) is 0. The van der Waals surface area contributed by atoms with E-state index >= 15 is 0 Å². The first kappa shape index (κ1) is 28.3. The van der Waals surface area contributed by atoms with Gasteiger partial charge in [0.2, 0.25) is 0 Å². The van der Waals surface area contributed by atoms with Gasteiger partial charge < -0.3 is 0 Å². The van der Waals surface area contributed by atoms with Crippen molar-refractivity contribution >= 4 is 8.07 Å². The molecular weight excluding hydrogens is 472 g/mol. The molecule has 3 aromatic rings. The van der Waals surface area contributed by atoms with Crippen molar-refractivity contribution in [3.8, 4) is 59.8 Å². The summed E-state index contributed by atoms with van der Waals surface area (Å²) >= 11 is 0. The lowest BCUT2D eigenvalue weighted by molar-refractivity contribution is 0.838. The van der Waals surface area contributed by atoms with Crippen LogP contribution in [0.15, 0.2) is 66.7 Å². The van der Waals surface area contributed by atoms with E-state index in [1.165, 1.54) is 0 Å². The Morgan fingerprint density at radius 2 is 0.737 bits per heavy atom. The molecule has 1 heteroatoms. The Kier molecular flexibility index (Phi) is 9.49. The van der Waals surface area contributed by atoms with Crippen LogP contribution in [0, 0.1) is 59.8 Å². The van der Waals surface area contributed by atoms with E-state index in [0.717, 1.165) is 38.9 Å². The fourth-order valence-corrected chi connectivity index (χ4v) is 10.3. The third-order valence-electron chi connectivity index (χ3n) is 7.03. The van der Waals surface area contributed by atoms with Crippen molar-refractivity contribution < 1.29 is 0 Å². The zero-order valence-electron chi connectivity index (χ0n) is 23.2. The first-order chi connectivity index (χ1) is 18.2. The second-order valence-corrected chi connectivity index (χ2v) is 16.0. The Morgan fingerprint density at radius 1 is 0.447 bits per heavy atom. The van der Waals surface area contributed by atoms with Gasteiger partial charge in [0.15, 0.2) is 0 Å². The van der Waals surface area contributed by atoms with Crippen molar-refractivity contribution in [1.29, 1.82) is 0 Å². The second-order valence-electron chi connectivity index (χ2n) is 10.4. The van der Waals surface area contributed by atoms with Gasteiger partial charge in [0.05, 0.1) is 0 Å². The maximum absolute atomic E-state index is 5.48. The van der Waals surface area contributed by atoms with E-state index in [0.29, 0.717) is 16.6 Å². The van der Waals surface area contributed by atoms with Gasteiger partial charge in [-0.2, -0.15) is 0 Å². The molecule has 3 aromatic carbocycles. The molecule has 0 radical (unpaired) electrons. The van der Waals surface area contributed by atoms with E-state index in [-0.39, 0.29) is 0 Å². The first-order valence-corrected chi connectivity index (χ1v) is 15.3. The zero-order valence-corrected chi connectivity index (χ0v) is 24.2. The Balaban J connectivity index is 2.09. The van der Waals surface area contributed by atoms with Gasteiger partial charge >= 0.3 is 0 Å². The smallest absolute Gasteiger partial charge is 0.125 e. The fraction of sp³-hybridized carbons (Fsp3) is 0.243. The van der Waals surface area contributed by atoms with Crippen LogP contribution in [0.3, 0.4) is 0 Å². The fourth-order valence-electron chi connectivity index (χ4n) is 5.05. The van der Waals surface area contributed by atoms with Crippen LogP contribution in [0.25, 0.3) is 0 Å². The summed E-state index contributed by atoms with van der Waals surface area (Å²) in [5, 5.41) is 0. The Bertz CT molecular complexity index is 1430.